The van der Waals surface area contributed by atoms with E-state index in [4.69, 9.17) is 0 Å². The van der Waals surface area contributed by atoms with E-state index in [0.29, 0.717) is 17.3 Å². The molecule has 9 heteroatoms. The molecule has 2 N–H and O–H groups in total. The Bertz CT molecular complexity index is 1010. The molecule has 6 nitrogen and oxygen atoms in total. The van der Waals surface area contributed by atoms with Crippen LogP contribution in [0.25, 0.3) is 5.69 Å². The molecule has 0 bridgehead atoms. The van der Waals surface area contributed by atoms with Crippen molar-refractivity contribution in [2.45, 2.75) is 65.7 Å². The smallest absolute Gasteiger partial charge is 0.264 e. The molecule has 0 radical (unpaired) electrons. The van der Waals surface area contributed by atoms with Gasteiger partial charge in [0, 0.05) is 35.0 Å². The van der Waals surface area contributed by atoms with E-state index < -0.39 is 23.7 Å². The number of aromatic amines is 1. The molecule has 3 aromatic rings. The number of halogens is 3. The van der Waals surface area contributed by atoms with Gasteiger partial charge in [-0.15, -0.1) is 0 Å². The zero-order chi connectivity index (χ0) is 23.8. The van der Waals surface area contributed by atoms with Crippen LogP contribution in [0.2, 0.25) is 0 Å². The number of benzene rings is 1. The molecule has 1 atom stereocenters. The van der Waals surface area contributed by atoms with Crippen molar-refractivity contribution in [2.75, 3.05) is 5.32 Å². The number of alkyl halides is 2. The van der Waals surface area contributed by atoms with Gasteiger partial charge in [-0.1, -0.05) is 27.7 Å². The number of nitrogens with zero attached hydrogens (tertiary/aromatic N) is 3. The number of rotatable bonds is 6. The molecule has 0 saturated heterocycles. The molecule has 1 fully saturated rings. The zero-order valence-corrected chi connectivity index (χ0v) is 19.0. The SMILES string of the molecule is CC.CC.CC(C(=O)Nc1cc(C2CC2)[nH]n1)c1cnn(-c2cc(F)cc(C(F)F)c2)c1. The van der Waals surface area contributed by atoms with Crippen molar-refractivity contribution >= 4 is 11.7 Å². The van der Waals surface area contributed by atoms with Crippen LogP contribution >= 0.6 is 0 Å². The number of carbonyl (C=O) groups is 1. The summed E-state index contributed by atoms with van der Waals surface area (Å²) in [5.41, 5.74) is 1.31. The summed E-state index contributed by atoms with van der Waals surface area (Å²) in [6, 6.07) is 4.88. The standard InChI is InChI=1S/C19H18F3N5O.2C2H6/c1-10(19(28)24-17-7-16(25-26-17)11-2-3-11)13-8-23-27(9-13)15-5-12(18(21)22)4-14(20)6-15;2*1-2/h4-11,18H,2-3H2,1H3,(H2,24,25,26,28);2*1-2H3. The molecule has 1 amide bonds. The Labute approximate surface area is 186 Å². The Balaban J connectivity index is 0.000000860. The maximum atomic E-state index is 13.6. The number of nitrogens with one attached hydrogen (secondary N) is 2. The van der Waals surface area contributed by atoms with Crippen LogP contribution in [0.4, 0.5) is 19.0 Å². The Morgan fingerprint density at radius 3 is 2.44 bits per heavy atom. The monoisotopic (exact) mass is 449 g/mol. The molecule has 0 aliphatic heterocycles. The third-order valence-electron chi connectivity index (χ3n) is 4.78. The third kappa shape index (κ3) is 6.21. The summed E-state index contributed by atoms with van der Waals surface area (Å²) in [6.45, 7) is 9.70. The van der Waals surface area contributed by atoms with Crippen LogP contribution in [0.15, 0.2) is 36.7 Å². The van der Waals surface area contributed by atoms with Crippen LogP contribution in [0.3, 0.4) is 0 Å². The van der Waals surface area contributed by atoms with E-state index in [1.165, 1.54) is 23.1 Å². The summed E-state index contributed by atoms with van der Waals surface area (Å²) >= 11 is 0. The van der Waals surface area contributed by atoms with Gasteiger partial charge in [-0.25, -0.2) is 17.9 Å². The second-order valence-corrected chi connectivity index (χ2v) is 6.96. The number of hydrogen-bond donors (Lipinski definition) is 2. The van der Waals surface area contributed by atoms with Gasteiger partial charge in [-0.2, -0.15) is 10.2 Å². The van der Waals surface area contributed by atoms with Crippen molar-refractivity contribution < 1.29 is 18.0 Å². The second-order valence-electron chi connectivity index (χ2n) is 6.96. The summed E-state index contributed by atoms with van der Waals surface area (Å²) in [4.78, 5) is 12.5. The minimum Gasteiger partial charge on any atom is -0.309 e. The van der Waals surface area contributed by atoms with Crippen LogP contribution in [-0.4, -0.2) is 25.9 Å². The van der Waals surface area contributed by atoms with Gasteiger partial charge in [-0.05, 0) is 38.0 Å². The van der Waals surface area contributed by atoms with Crippen LogP contribution in [0.5, 0.6) is 0 Å². The van der Waals surface area contributed by atoms with Crippen LogP contribution in [0, 0.1) is 5.82 Å². The van der Waals surface area contributed by atoms with E-state index in [9.17, 15) is 18.0 Å². The van der Waals surface area contributed by atoms with Gasteiger partial charge < -0.3 is 5.32 Å². The Morgan fingerprint density at radius 1 is 1.12 bits per heavy atom. The Hall–Kier alpha value is -3.10. The van der Waals surface area contributed by atoms with Crippen molar-refractivity contribution in [3.63, 3.8) is 0 Å². The van der Waals surface area contributed by atoms with Crippen molar-refractivity contribution in [2.24, 2.45) is 0 Å². The lowest BCUT2D eigenvalue weighted by Crippen LogP contribution is -2.18. The molecule has 1 saturated carbocycles. The second kappa shape index (κ2) is 11.5. The van der Waals surface area contributed by atoms with Gasteiger partial charge in [0.2, 0.25) is 5.91 Å². The van der Waals surface area contributed by atoms with Gasteiger partial charge in [-0.3, -0.25) is 9.89 Å². The maximum Gasteiger partial charge on any atom is 0.264 e. The lowest BCUT2D eigenvalue weighted by atomic mass is 10.0. The fourth-order valence-corrected chi connectivity index (χ4v) is 2.95. The first-order valence-corrected chi connectivity index (χ1v) is 10.9. The highest BCUT2D eigenvalue weighted by molar-refractivity contribution is 5.94. The number of H-pyrrole nitrogens is 1. The largest absolute Gasteiger partial charge is 0.309 e. The van der Waals surface area contributed by atoms with Crippen molar-refractivity contribution in [1.82, 2.24) is 20.0 Å². The van der Waals surface area contributed by atoms with E-state index >= 15 is 0 Å². The van der Waals surface area contributed by atoms with E-state index in [0.717, 1.165) is 30.7 Å². The fourth-order valence-electron chi connectivity index (χ4n) is 2.95. The Kier molecular flexibility index (Phi) is 9.04. The molecule has 1 aromatic carbocycles. The molecule has 4 rings (SSSR count). The molecule has 174 valence electrons. The zero-order valence-electron chi connectivity index (χ0n) is 19.0. The molecule has 1 aliphatic carbocycles. The van der Waals surface area contributed by atoms with Gasteiger partial charge >= 0.3 is 0 Å². The molecule has 1 unspecified atom stereocenters. The number of carbonyl (C=O) groups excluding carboxylic acids is 1. The van der Waals surface area contributed by atoms with E-state index in [1.54, 1.807) is 6.92 Å². The summed E-state index contributed by atoms with van der Waals surface area (Å²) in [6.07, 6.45) is 2.44. The van der Waals surface area contributed by atoms with Gasteiger partial charge in [0.25, 0.3) is 6.43 Å². The minimum atomic E-state index is -2.79. The lowest BCUT2D eigenvalue weighted by Gasteiger charge is -2.09. The maximum absolute atomic E-state index is 13.6. The highest BCUT2D eigenvalue weighted by atomic mass is 19.3. The fraction of sp³-hybridized carbons (Fsp3) is 0.435. The first-order chi connectivity index (χ1) is 15.4. The summed E-state index contributed by atoms with van der Waals surface area (Å²) in [5.74, 6) is -0.657. The molecule has 2 aromatic heterocycles. The first-order valence-electron chi connectivity index (χ1n) is 10.9. The first kappa shape index (κ1) is 25.2. The highest BCUT2D eigenvalue weighted by Gasteiger charge is 2.26. The van der Waals surface area contributed by atoms with Crippen LogP contribution < -0.4 is 5.32 Å². The average molecular weight is 450 g/mol. The van der Waals surface area contributed by atoms with E-state index in [-0.39, 0.29) is 11.6 Å². The number of anilines is 1. The lowest BCUT2D eigenvalue weighted by molar-refractivity contribution is -0.117. The van der Waals surface area contributed by atoms with E-state index in [2.05, 4.69) is 20.6 Å². The predicted molar refractivity (Wildman–Crippen MR) is 119 cm³/mol. The number of amides is 1. The third-order valence-corrected chi connectivity index (χ3v) is 4.78. The average Bonchev–Trinajstić information content (AvgIpc) is 3.34. The van der Waals surface area contributed by atoms with E-state index in [1.807, 2.05) is 33.8 Å². The number of hydrogen-bond acceptors (Lipinski definition) is 3. The van der Waals surface area contributed by atoms with Gasteiger partial charge in [0.15, 0.2) is 5.82 Å². The molecule has 0 spiro atoms. The molecule has 2 heterocycles. The van der Waals surface area contributed by atoms with Crippen LogP contribution in [-0.2, 0) is 4.79 Å². The van der Waals surface area contributed by atoms with Crippen molar-refractivity contribution in [1.29, 1.82) is 0 Å². The highest BCUT2D eigenvalue weighted by Crippen LogP contribution is 2.39. The van der Waals surface area contributed by atoms with Crippen molar-refractivity contribution in [3.8, 4) is 5.69 Å². The molecular weight excluding hydrogens is 419 g/mol. The molecular formula is C23H30F3N5O. The van der Waals surface area contributed by atoms with Crippen LogP contribution in [0.1, 0.15) is 82.5 Å². The van der Waals surface area contributed by atoms with Gasteiger partial charge in [0.1, 0.15) is 5.82 Å². The minimum absolute atomic E-state index is 0.163. The Morgan fingerprint density at radius 2 is 1.81 bits per heavy atom. The molecule has 1 aliphatic rings. The predicted octanol–water partition coefficient (Wildman–Crippen LogP) is 6.34. The normalized spacial score (nSPS) is 13.5. The summed E-state index contributed by atoms with van der Waals surface area (Å²) in [7, 11) is 0. The molecule has 32 heavy (non-hydrogen) atoms. The quantitative estimate of drug-likeness (QED) is 0.461. The topological polar surface area (TPSA) is 75.6 Å². The summed E-state index contributed by atoms with van der Waals surface area (Å²) < 4.78 is 40.7. The number of aromatic nitrogens is 4. The summed E-state index contributed by atoms with van der Waals surface area (Å²) in [5, 5.41) is 13.8. The van der Waals surface area contributed by atoms with Gasteiger partial charge in [0.05, 0.1) is 17.8 Å². The van der Waals surface area contributed by atoms with Crippen molar-refractivity contribution in [3.05, 3.63) is 59.3 Å².